The van der Waals surface area contributed by atoms with Crippen LogP contribution in [0.4, 0.5) is 0 Å². The minimum Gasteiger partial charge on any atom is -0.494 e. The fraction of sp³-hybridized carbons (Fsp3) is 0.222. The van der Waals surface area contributed by atoms with E-state index in [1.807, 2.05) is 0 Å². The van der Waals surface area contributed by atoms with Crippen molar-refractivity contribution < 1.29 is 14.3 Å². The van der Waals surface area contributed by atoms with Gasteiger partial charge in [-0.3, -0.25) is 0 Å². The number of ether oxygens (including phenoxy) is 2. The third-order valence-electron chi connectivity index (χ3n) is 1.65. The fourth-order valence-corrected chi connectivity index (χ4v) is 1.73. The molecule has 0 radical (unpaired) electrons. The van der Waals surface area contributed by atoms with Gasteiger partial charge in [0.15, 0.2) is 5.75 Å². The Kier molecular flexibility index (Phi) is 3.77. The monoisotopic (exact) mass is 278 g/mol. The third kappa shape index (κ3) is 2.01. The molecule has 76 valence electrons. The van der Waals surface area contributed by atoms with Gasteiger partial charge in [0, 0.05) is 4.47 Å². The van der Waals surface area contributed by atoms with Gasteiger partial charge in [0.05, 0.1) is 19.2 Å². The molecule has 0 aliphatic heterocycles. The number of carbonyl (C=O) groups excluding carboxylic acids is 1. The molecular weight excluding hydrogens is 271 g/mol. The topological polar surface area (TPSA) is 35.5 Å². The van der Waals surface area contributed by atoms with Crippen molar-refractivity contribution in [1.82, 2.24) is 0 Å². The van der Waals surface area contributed by atoms with Gasteiger partial charge in [0.25, 0.3) is 0 Å². The molecule has 0 aliphatic carbocycles. The average Bonchev–Trinajstić information content (AvgIpc) is 2.19. The van der Waals surface area contributed by atoms with Crippen LogP contribution in [0.3, 0.4) is 0 Å². The van der Waals surface area contributed by atoms with Gasteiger partial charge in [-0.05, 0) is 28.1 Å². The van der Waals surface area contributed by atoms with Crippen molar-refractivity contribution in [3.63, 3.8) is 0 Å². The first-order chi connectivity index (χ1) is 6.61. The number of esters is 1. The maximum absolute atomic E-state index is 11.4. The Morgan fingerprint density at radius 2 is 2.07 bits per heavy atom. The van der Waals surface area contributed by atoms with E-state index in [1.165, 1.54) is 14.2 Å². The van der Waals surface area contributed by atoms with E-state index in [4.69, 9.17) is 16.3 Å². The van der Waals surface area contributed by atoms with E-state index in [-0.39, 0.29) is 0 Å². The summed E-state index contributed by atoms with van der Waals surface area (Å²) in [6.07, 6.45) is 0. The number of halogens is 2. The van der Waals surface area contributed by atoms with Crippen LogP contribution in [0.5, 0.6) is 5.75 Å². The van der Waals surface area contributed by atoms with Crippen molar-refractivity contribution in [2.24, 2.45) is 0 Å². The molecule has 0 atom stereocenters. The van der Waals surface area contributed by atoms with Crippen LogP contribution in [0.15, 0.2) is 16.6 Å². The van der Waals surface area contributed by atoms with Crippen LogP contribution in [-0.4, -0.2) is 20.2 Å². The van der Waals surface area contributed by atoms with Gasteiger partial charge < -0.3 is 9.47 Å². The Labute approximate surface area is 95.1 Å². The molecule has 0 unspecified atom stereocenters. The molecule has 0 aliphatic rings. The van der Waals surface area contributed by atoms with Gasteiger partial charge >= 0.3 is 5.97 Å². The molecule has 14 heavy (non-hydrogen) atoms. The number of rotatable bonds is 2. The molecule has 0 spiro atoms. The second-order valence-electron chi connectivity index (χ2n) is 2.43. The maximum atomic E-state index is 11.4. The highest BCUT2D eigenvalue weighted by atomic mass is 79.9. The van der Waals surface area contributed by atoms with Crippen molar-refractivity contribution in [3.8, 4) is 5.75 Å². The first kappa shape index (κ1) is 11.3. The lowest BCUT2D eigenvalue weighted by molar-refractivity contribution is 0.0596. The molecule has 0 saturated heterocycles. The van der Waals surface area contributed by atoms with E-state index in [1.54, 1.807) is 12.1 Å². The van der Waals surface area contributed by atoms with Gasteiger partial charge in [0.1, 0.15) is 5.56 Å². The predicted molar refractivity (Wildman–Crippen MR) is 57.0 cm³/mol. The van der Waals surface area contributed by atoms with Gasteiger partial charge in [-0.2, -0.15) is 0 Å². The predicted octanol–water partition coefficient (Wildman–Crippen LogP) is 2.90. The quantitative estimate of drug-likeness (QED) is 0.781. The van der Waals surface area contributed by atoms with Crippen LogP contribution in [0, 0.1) is 0 Å². The van der Waals surface area contributed by atoms with Gasteiger partial charge in [-0.15, -0.1) is 0 Å². The van der Waals surface area contributed by atoms with Crippen LogP contribution in [0.25, 0.3) is 0 Å². The summed E-state index contributed by atoms with van der Waals surface area (Å²) in [5, 5.41) is 0.371. The summed E-state index contributed by atoms with van der Waals surface area (Å²) >= 11 is 9.07. The summed E-state index contributed by atoms with van der Waals surface area (Å²) in [5.74, 6) is -0.177. The lowest BCUT2D eigenvalue weighted by Crippen LogP contribution is -2.05. The lowest BCUT2D eigenvalue weighted by atomic mass is 10.2. The summed E-state index contributed by atoms with van der Waals surface area (Å²) < 4.78 is 10.2. The van der Waals surface area contributed by atoms with Crippen LogP contribution in [0.2, 0.25) is 5.02 Å². The van der Waals surface area contributed by atoms with Crippen molar-refractivity contribution in [3.05, 3.63) is 27.2 Å². The zero-order chi connectivity index (χ0) is 10.7. The Bertz CT molecular complexity index is 365. The number of carbonyl (C=O) groups is 1. The van der Waals surface area contributed by atoms with E-state index in [0.717, 1.165) is 0 Å². The summed E-state index contributed by atoms with van der Waals surface area (Å²) in [6, 6.07) is 3.30. The molecule has 3 nitrogen and oxygen atoms in total. The molecule has 1 aromatic carbocycles. The molecule has 1 rings (SSSR count). The Morgan fingerprint density at radius 3 is 2.57 bits per heavy atom. The highest BCUT2D eigenvalue weighted by Gasteiger charge is 2.19. The summed E-state index contributed by atoms with van der Waals surface area (Å²) in [7, 11) is 2.75. The van der Waals surface area contributed by atoms with Crippen molar-refractivity contribution in [2.75, 3.05) is 14.2 Å². The third-order valence-corrected chi connectivity index (χ3v) is 2.61. The first-order valence-electron chi connectivity index (χ1n) is 3.72. The van der Waals surface area contributed by atoms with Crippen molar-refractivity contribution in [2.45, 2.75) is 0 Å². The second-order valence-corrected chi connectivity index (χ2v) is 3.69. The molecule has 0 N–H and O–H groups in total. The molecule has 0 bridgehead atoms. The fourth-order valence-electron chi connectivity index (χ4n) is 1.03. The minimum atomic E-state index is -0.490. The average molecular weight is 280 g/mol. The Balaban J connectivity index is 3.37. The van der Waals surface area contributed by atoms with Crippen LogP contribution in [0.1, 0.15) is 10.4 Å². The van der Waals surface area contributed by atoms with E-state index in [9.17, 15) is 4.79 Å². The van der Waals surface area contributed by atoms with Crippen molar-refractivity contribution in [1.29, 1.82) is 0 Å². The number of hydrogen-bond donors (Lipinski definition) is 0. The normalized spacial score (nSPS) is 9.71. The van der Waals surface area contributed by atoms with Crippen LogP contribution in [-0.2, 0) is 4.74 Å². The molecule has 0 aromatic heterocycles. The summed E-state index contributed by atoms with van der Waals surface area (Å²) in [6.45, 7) is 0. The molecule has 1 aromatic rings. The zero-order valence-electron chi connectivity index (χ0n) is 7.64. The van der Waals surface area contributed by atoms with Crippen molar-refractivity contribution >= 4 is 33.5 Å². The number of methoxy groups -OCH3 is 2. The zero-order valence-corrected chi connectivity index (χ0v) is 9.98. The number of benzene rings is 1. The largest absolute Gasteiger partial charge is 0.494 e. The molecule has 5 heteroatoms. The van der Waals surface area contributed by atoms with E-state index in [2.05, 4.69) is 20.7 Å². The highest BCUT2D eigenvalue weighted by Crippen LogP contribution is 2.34. The van der Waals surface area contributed by atoms with E-state index in [0.29, 0.717) is 20.8 Å². The standard InChI is InChI=1S/C9H8BrClO3/c1-13-8-6(11)4-3-5(10)7(8)9(12)14-2/h3-4H,1-2H3. The van der Waals surface area contributed by atoms with E-state index < -0.39 is 5.97 Å². The molecule has 0 heterocycles. The molecule has 0 saturated carbocycles. The van der Waals surface area contributed by atoms with Gasteiger partial charge in [-0.1, -0.05) is 11.6 Å². The lowest BCUT2D eigenvalue weighted by Gasteiger charge is -2.09. The summed E-state index contributed by atoms with van der Waals surface area (Å²) in [4.78, 5) is 11.4. The SMILES string of the molecule is COC(=O)c1c(Br)ccc(Cl)c1OC. The molecular formula is C9H8BrClO3. The van der Waals surface area contributed by atoms with E-state index >= 15 is 0 Å². The van der Waals surface area contributed by atoms with Crippen LogP contribution < -0.4 is 4.74 Å². The number of hydrogen-bond acceptors (Lipinski definition) is 3. The highest BCUT2D eigenvalue weighted by molar-refractivity contribution is 9.10. The van der Waals surface area contributed by atoms with Crippen LogP contribution >= 0.6 is 27.5 Å². The van der Waals surface area contributed by atoms with Gasteiger partial charge in [0.2, 0.25) is 0 Å². The van der Waals surface area contributed by atoms with Gasteiger partial charge in [-0.25, -0.2) is 4.79 Å². The smallest absolute Gasteiger partial charge is 0.342 e. The second kappa shape index (κ2) is 4.66. The first-order valence-corrected chi connectivity index (χ1v) is 4.89. The molecule has 0 fully saturated rings. The minimum absolute atomic E-state index is 0.294. The Morgan fingerprint density at radius 1 is 1.43 bits per heavy atom. The molecule has 0 amide bonds. The summed E-state index contributed by atoms with van der Waals surface area (Å²) in [5.41, 5.74) is 0.294. The Hall–Kier alpha value is -0.740. The maximum Gasteiger partial charge on any atom is 0.342 e.